The minimum absolute atomic E-state index is 0.0120. The van der Waals surface area contributed by atoms with Crippen molar-refractivity contribution in [3.63, 3.8) is 0 Å². The molecule has 0 aliphatic rings. The van der Waals surface area contributed by atoms with Gasteiger partial charge in [-0.05, 0) is 13.0 Å². The zero-order chi connectivity index (χ0) is 12.0. The fraction of sp³-hybridized carbons (Fsp3) is 0.400. The standard InChI is InChI=1S/C10H15N3O3/c1-7(6-15-2)16-9-5-12-4-3-8(9)10(11)13-14/h3-5,7,14H,6H2,1-2H3,(H2,11,13). The van der Waals surface area contributed by atoms with Gasteiger partial charge in [0.1, 0.15) is 11.9 Å². The Kier molecular flexibility index (Phi) is 4.53. The van der Waals surface area contributed by atoms with Crippen molar-refractivity contribution in [3.8, 4) is 5.75 Å². The molecule has 0 radical (unpaired) electrons. The molecule has 6 nitrogen and oxygen atoms in total. The van der Waals surface area contributed by atoms with Crippen molar-refractivity contribution in [2.24, 2.45) is 10.9 Å². The highest BCUT2D eigenvalue weighted by Gasteiger charge is 2.11. The minimum Gasteiger partial charge on any atom is -0.486 e. The summed E-state index contributed by atoms with van der Waals surface area (Å²) in [4.78, 5) is 3.92. The third-order valence-corrected chi connectivity index (χ3v) is 1.90. The lowest BCUT2D eigenvalue weighted by molar-refractivity contribution is 0.0917. The highest BCUT2D eigenvalue weighted by Crippen LogP contribution is 2.17. The fourth-order valence-electron chi connectivity index (χ4n) is 1.22. The molecule has 0 fully saturated rings. The van der Waals surface area contributed by atoms with E-state index in [1.54, 1.807) is 19.4 Å². The highest BCUT2D eigenvalue weighted by molar-refractivity contribution is 5.99. The van der Waals surface area contributed by atoms with Crippen LogP contribution < -0.4 is 10.5 Å². The molecule has 1 atom stereocenters. The van der Waals surface area contributed by atoms with Crippen molar-refractivity contribution in [1.29, 1.82) is 0 Å². The first kappa shape index (κ1) is 12.3. The van der Waals surface area contributed by atoms with E-state index in [0.717, 1.165) is 0 Å². The van der Waals surface area contributed by atoms with Crippen LogP contribution in [0.4, 0.5) is 0 Å². The second-order valence-electron chi connectivity index (χ2n) is 3.24. The maximum Gasteiger partial charge on any atom is 0.173 e. The number of hydrogen-bond acceptors (Lipinski definition) is 5. The molecule has 1 unspecified atom stereocenters. The summed E-state index contributed by atoms with van der Waals surface area (Å²) in [5.41, 5.74) is 6.01. The number of rotatable bonds is 5. The molecule has 1 aromatic heterocycles. The van der Waals surface area contributed by atoms with Crippen LogP contribution >= 0.6 is 0 Å². The molecule has 0 saturated carbocycles. The van der Waals surface area contributed by atoms with Crippen LogP contribution in [0.2, 0.25) is 0 Å². The van der Waals surface area contributed by atoms with Gasteiger partial charge in [0, 0.05) is 13.3 Å². The fourth-order valence-corrected chi connectivity index (χ4v) is 1.22. The van der Waals surface area contributed by atoms with Crippen LogP contribution in [0.1, 0.15) is 12.5 Å². The Morgan fingerprint density at radius 3 is 3.06 bits per heavy atom. The Hall–Kier alpha value is -1.82. The Balaban J connectivity index is 2.87. The number of nitrogens with two attached hydrogens (primary N) is 1. The van der Waals surface area contributed by atoms with E-state index in [9.17, 15) is 0 Å². The number of hydrogen-bond donors (Lipinski definition) is 2. The molecule has 1 rings (SSSR count). The third kappa shape index (κ3) is 3.09. The highest BCUT2D eigenvalue weighted by atomic mass is 16.5. The molecule has 1 heterocycles. The van der Waals surface area contributed by atoms with Crippen molar-refractivity contribution in [2.45, 2.75) is 13.0 Å². The molecule has 3 N–H and O–H groups in total. The molecule has 6 heteroatoms. The number of aromatic nitrogens is 1. The second-order valence-corrected chi connectivity index (χ2v) is 3.24. The number of methoxy groups -OCH3 is 1. The summed E-state index contributed by atoms with van der Waals surface area (Å²) in [5, 5.41) is 11.5. The van der Waals surface area contributed by atoms with E-state index in [2.05, 4.69) is 10.1 Å². The normalized spacial score (nSPS) is 13.5. The Labute approximate surface area is 93.7 Å². The lowest BCUT2D eigenvalue weighted by atomic mass is 10.2. The number of pyridine rings is 1. The summed E-state index contributed by atoms with van der Waals surface area (Å²) in [7, 11) is 1.59. The van der Waals surface area contributed by atoms with Gasteiger partial charge >= 0.3 is 0 Å². The van der Waals surface area contributed by atoms with Gasteiger partial charge < -0.3 is 20.4 Å². The Morgan fingerprint density at radius 1 is 1.69 bits per heavy atom. The quantitative estimate of drug-likeness (QED) is 0.331. The van der Waals surface area contributed by atoms with Gasteiger partial charge in [0.25, 0.3) is 0 Å². The average Bonchev–Trinajstić information content (AvgIpc) is 2.29. The van der Waals surface area contributed by atoms with Gasteiger partial charge in [0.15, 0.2) is 5.84 Å². The van der Waals surface area contributed by atoms with Gasteiger partial charge in [-0.15, -0.1) is 0 Å². The van der Waals surface area contributed by atoms with E-state index in [-0.39, 0.29) is 11.9 Å². The van der Waals surface area contributed by atoms with Crippen molar-refractivity contribution in [3.05, 3.63) is 24.0 Å². The van der Waals surface area contributed by atoms with E-state index >= 15 is 0 Å². The van der Waals surface area contributed by atoms with Crippen molar-refractivity contribution in [1.82, 2.24) is 4.98 Å². The van der Waals surface area contributed by atoms with Crippen molar-refractivity contribution >= 4 is 5.84 Å². The summed E-state index contributed by atoms with van der Waals surface area (Å²) in [5.74, 6) is 0.448. The summed E-state index contributed by atoms with van der Waals surface area (Å²) in [6, 6.07) is 1.61. The van der Waals surface area contributed by atoms with Crippen LogP contribution in [0.15, 0.2) is 23.6 Å². The van der Waals surface area contributed by atoms with Crippen molar-refractivity contribution < 1.29 is 14.7 Å². The summed E-state index contributed by atoms with van der Waals surface area (Å²) in [6.07, 6.45) is 2.92. The molecule has 0 bridgehead atoms. The maximum absolute atomic E-state index is 8.61. The minimum atomic E-state index is -0.139. The predicted molar refractivity (Wildman–Crippen MR) is 58.7 cm³/mol. The van der Waals surface area contributed by atoms with Gasteiger partial charge in [0.2, 0.25) is 0 Å². The van der Waals surface area contributed by atoms with Crippen LogP contribution in [-0.2, 0) is 4.74 Å². The topological polar surface area (TPSA) is 90.0 Å². The average molecular weight is 225 g/mol. The molecular weight excluding hydrogens is 210 g/mol. The van der Waals surface area contributed by atoms with Gasteiger partial charge in [-0.3, -0.25) is 4.98 Å². The zero-order valence-corrected chi connectivity index (χ0v) is 9.25. The molecule has 1 aromatic rings. The van der Waals surface area contributed by atoms with Gasteiger partial charge in [0.05, 0.1) is 18.4 Å². The van der Waals surface area contributed by atoms with E-state index in [1.165, 1.54) is 6.20 Å². The molecule has 0 aromatic carbocycles. The number of amidine groups is 1. The molecule has 0 aliphatic heterocycles. The van der Waals surface area contributed by atoms with Crippen LogP contribution in [0.5, 0.6) is 5.75 Å². The first-order valence-electron chi connectivity index (χ1n) is 4.76. The molecule has 0 amide bonds. The molecule has 88 valence electrons. The summed E-state index contributed by atoms with van der Waals surface area (Å²) >= 11 is 0. The Bertz CT molecular complexity index is 368. The molecule has 0 aliphatic carbocycles. The molecule has 16 heavy (non-hydrogen) atoms. The smallest absolute Gasteiger partial charge is 0.173 e. The van der Waals surface area contributed by atoms with Gasteiger partial charge in [-0.25, -0.2) is 0 Å². The third-order valence-electron chi connectivity index (χ3n) is 1.90. The number of oxime groups is 1. The summed E-state index contributed by atoms with van der Waals surface area (Å²) in [6.45, 7) is 2.30. The van der Waals surface area contributed by atoms with Crippen LogP contribution in [0.25, 0.3) is 0 Å². The first-order valence-corrected chi connectivity index (χ1v) is 4.76. The van der Waals surface area contributed by atoms with Gasteiger partial charge in [-0.2, -0.15) is 0 Å². The maximum atomic E-state index is 8.61. The lowest BCUT2D eigenvalue weighted by Crippen LogP contribution is -2.21. The summed E-state index contributed by atoms with van der Waals surface area (Å²) < 4.78 is 10.5. The van der Waals surface area contributed by atoms with E-state index in [4.69, 9.17) is 20.4 Å². The molecule has 0 spiro atoms. The predicted octanol–water partition coefficient (Wildman–Crippen LogP) is 0.590. The zero-order valence-electron chi connectivity index (χ0n) is 9.25. The van der Waals surface area contributed by atoms with E-state index < -0.39 is 0 Å². The van der Waals surface area contributed by atoms with E-state index in [0.29, 0.717) is 17.9 Å². The van der Waals surface area contributed by atoms with Crippen molar-refractivity contribution in [2.75, 3.05) is 13.7 Å². The second kappa shape index (κ2) is 5.92. The first-order chi connectivity index (χ1) is 7.69. The lowest BCUT2D eigenvalue weighted by Gasteiger charge is -2.15. The number of ether oxygens (including phenoxy) is 2. The molecular formula is C10H15N3O3. The van der Waals surface area contributed by atoms with Gasteiger partial charge in [-0.1, -0.05) is 5.16 Å². The van der Waals surface area contributed by atoms with Crippen LogP contribution in [0.3, 0.4) is 0 Å². The Morgan fingerprint density at radius 2 is 2.44 bits per heavy atom. The largest absolute Gasteiger partial charge is 0.486 e. The van der Waals surface area contributed by atoms with Crippen LogP contribution in [0, 0.1) is 0 Å². The molecule has 0 saturated heterocycles. The number of nitrogens with zero attached hydrogens (tertiary/aromatic N) is 2. The van der Waals surface area contributed by atoms with Crippen LogP contribution in [-0.4, -0.2) is 35.8 Å². The van der Waals surface area contributed by atoms with E-state index in [1.807, 2.05) is 6.92 Å². The monoisotopic (exact) mass is 225 g/mol. The SMILES string of the molecule is COCC(C)Oc1cnccc1/C(N)=N/O.